The maximum Gasteiger partial charge on any atom is 0.222 e. The van der Waals surface area contributed by atoms with Gasteiger partial charge in [0.2, 0.25) is 11.8 Å². The van der Waals surface area contributed by atoms with Gasteiger partial charge in [0.1, 0.15) is 0 Å². The first kappa shape index (κ1) is 21.7. The maximum atomic E-state index is 12.6. The number of carbonyl (C=O) groups excluding carboxylic acids is 2. The van der Waals surface area contributed by atoms with Gasteiger partial charge in [0.25, 0.3) is 0 Å². The molecule has 0 bridgehead atoms. The first-order chi connectivity index (χ1) is 13.7. The minimum Gasteiger partial charge on any atom is -0.345 e. The second-order valence-electron chi connectivity index (χ2n) is 7.06. The average Bonchev–Trinajstić information content (AvgIpc) is 2.73. The summed E-state index contributed by atoms with van der Waals surface area (Å²) in [5.74, 6) is 0.127. The molecule has 0 aliphatic carbocycles. The third kappa shape index (κ3) is 6.84. The van der Waals surface area contributed by atoms with Crippen LogP contribution in [-0.4, -0.2) is 29.8 Å². The van der Waals surface area contributed by atoms with Crippen molar-refractivity contribution in [2.45, 2.75) is 52.0 Å². The number of benzene rings is 2. The van der Waals surface area contributed by atoms with Crippen LogP contribution < -0.4 is 5.32 Å². The minimum atomic E-state index is -0.178. The van der Waals surface area contributed by atoms with Crippen molar-refractivity contribution >= 4 is 11.8 Å². The molecule has 0 aliphatic heterocycles. The Bertz CT molecular complexity index is 670. The fourth-order valence-corrected chi connectivity index (χ4v) is 3.34. The van der Waals surface area contributed by atoms with E-state index >= 15 is 0 Å². The van der Waals surface area contributed by atoms with Crippen molar-refractivity contribution in [3.05, 3.63) is 71.8 Å². The third-order valence-electron chi connectivity index (χ3n) is 4.71. The van der Waals surface area contributed by atoms with E-state index in [0.717, 1.165) is 37.1 Å². The van der Waals surface area contributed by atoms with Crippen molar-refractivity contribution in [3.63, 3.8) is 0 Å². The Hall–Kier alpha value is -2.62. The van der Waals surface area contributed by atoms with E-state index in [1.165, 1.54) is 0 Å². The summed E-state index contributed by atoms with van der Waals surface area (Å²) in [6.07, 6.45) is 3.28. The molecule has 0 saturated carbocycles. The quantitative estimate of drug-likeness (QED) is 0.614. The predicted molar refractivity (Wildman–Crippen MR) is 114 cm³/mol. The van der Waals surface area contributed by atoms with E-state index in [2.05, 4.69) is 19.2 Å². The lowest BCUT2D eigenvalue weighted by atomic mass is 9.98. The number of carbonyl (C=O) groups is 2. The van der Waals surface area contributed by atoms with Gasteiger partial charge >= 0.3 is 0 Å². The zero-order valence-electron chi connectivity index (χ0n) is 17.1. The Labute approximate surface area is 169 Å². The lowest BCUT2D eigenvalue weighted by Gasteiger charge is -2.22. The van der Waals surface area contributed by atoms with Crippen LogP contribution in [0.2, 0.25) is 0 Å². The highest BCUT2D eigenvalue weighted by atomic mass is 16.2. The average molecular weight is 381 g/mol. The molecule has 2 amide bonds. The lowest BCUT2D eigenvalue weighted by Crippen LogP contribution is -2.33. The number of nitrogens with one attached hydrogen (secondary N) is 1. The fourth-order valence-electron chi connectivity index (χ4n) is 3.34. The van der Waals surface area contributed by atoms with E-state index in [1.807, 2.05) is 65.6 Å². The van der Waals surface area contributed by atoms with Crippen LogP contribution in [0.15, 0.2) is 60.7 Å². The second kappa shape index (κ2) is 12.0. The molecule has 0 heterocycles. The number of nitrogens with zero attached hydrogens (tertiary/aromatic N) is 1. The highest BCUT2D eigenvalue weighted by Crippen LogP contribution is 2.22. The monoisotopic (exact) mass is 380 g/mol. The highest BCUT2D eigenvalue weighted by molar-refractivity contribution is 5.79. The molecule has 2 aromatic carbocycles. The van der Waals surface area contributed by atoms with Gasteiger partial charge in [0.15, 0.2) is 0 Å². The first-order valence-electron chi connectivity index (χ1n) is 10.3. The van der Waals surface area contributed by atoms with Crippen LogP contribution in [0, 0.1) is 0 Å². The van der Waals surface area contributed by atoms with Gasteiger partial charge in [-0.25, -0.2) is 0 Å². The van der Waals surface area contributed by atoms with Gasteiger partial charge in [-0.15, -0.1) is 0 Å². The molecular formula is C24H32N2O2. The molecule has 28 heavy (non-hydrogen) atoms. The molecule has 0 aliphatic rings. The maximum absolute atomic E-state index is 12.6. The number of hydrogen-bond acceptors (Lipinski definition) is 2. The van der Waals surface area contributed by atoms with Gasteiger partial charge in [0, 0.05) is 25.9 Å². The molecule has 4 heteroatoms. The van der Waals surface area contributed by atoms with Crippen LogP contribution in [0.5, 0.6) is 0 Å². The normalized spacial score (nSPS) is 10.7. The Morgan fingerprint density at radius 1 is 0.821 bits per heavy atom. The molecule has 0 saturated heterocycles. The Morgan fingerprint density at radius 2 is 1.32 bits per heavy atom. The summed E-state index contributed by atoms with van der Waals surface area (Å²) in [5.41, 5.74) is 2.10. The van der Waals surface area contributed by atoms with Crippen molar-refractivity contribution in [3.8, 4) is 0 Å². The van der Waals surface area contributed by atoms with Gasteiger partial charge in [0.05, 0.1) is 6.04 Å². The SMILES string of the molecule is CCCN(CCC)C(=O)CCCC(=O)NC(c1ccccc1)c1ccccc1. The van der Waals surface area contributed by atoms with Gasteiger partial charge in [-0.3, -0.25) is 9.59 Å². The van der Waals surface area contributed by atoms with Crippen molar-refractivity contribution in [2.24, 2.45) is 0 Å². The first-order valence-corrected chi connectivity index (χ1v) is 10.3. The molecule has 4 nitrogen and oxygen atoms in total. The number of rotatable bonds is 11. The second-order valence-corrected chi connectivity index (χ2v) is 7.06. The largest absolute Gasteiger partial charge is 0.345 e. The fraction of sp³-hybridized carbons (Fsp3) is 0.417. The lowest BCUT2D eigenvalue weighted by molar-refractivity contribution is -0.131. The summed E-state index contributed by atoms with van der Waals surface area (Å²) in [4.78, 5) is 26.8. The molecular weight excluding hydrogens is 348 g/mol. The Kier molecular flexibility index (Phi) is 9.26. The van der Waals surface area contributed by atoms with E-state index < -0.39 is 0 Å². The van der Waals surface area contributed by atoms with Crippen molar-refractivity contribution in [1.29, 1.82) is 0 Å². The molecule has 0 spiro atoms. The number of hydrogen-bond donors (Lipinski definition) is 1. The standard InChI is InChI=1S/C24H32N2O2/c1-3-18-26(19-4-2)23(28)17-11-16-22(27)25-24(20-12-7-5-8-13-20)21-14-9-6-10-15-21/h5-10,12-15,24H,3-4,11,16-19H2,1-2H3,(H,25,27). The number of amides is 2. The molecule has 0 atom stereocenters. The zero-order valence-corrected chi connectivity index (χ0v) is 17.1. The van der Waals surface area contributed by atoms with E-state index in [9.17, 15) is 9.59 Å². The zero-order chi connectivity index (χ0) is 20.2. The van der Waals surface area contributed by atoms with Gasteiger partial charge in [-0.2, -0.15) is 0 Å². The van der Waals surface area contributed by atoms with E-state index in [-0.39, 0.29) is 17.9 Å². The van der Waals surface area contributed by atoms with Crippen LogP contribution in [0.3, 0.4) is 0 Å². The van der Waals surface area contributed by atoms with Crippen LogP contribution in [-0.2, 0) is 9.59 Å². The topological polar surface area (TPSA) is 49.4 Å². The van der Waals surface area contributed by atoms with E-state index in [4.69, 9.17) is 0 Å². The molecule has 150 valence electrons. The Balaban J connectivity index is 1.93. The van der Waals surface area contributed by atoms with Gasteiger partial charge < -0.3 is 10.2 Å². The van der Waals surface area contributed by atoms with Gasteiger partial charge in [-0.05, 0) is 30.4 Å². The smallest absolute Gasteiger partial charge is 0.222 e. The van der Waals surface area contributed by atoms with Crippen LogP contribution >= 0.6 is 0 Å². The van der Waals surface area contributed by atoms with E-state index in [1.54, 1.807) is 0 Å². The third-order valence-corrected chi connectivity index (χ3v) is 4.71. The van der Waals surface area contributed by atoms with Crippen LogP contribution in [0.4, 0.5) is 0 Å². The summed E-state index contributed by atoms with van der Waals surface area (Å²) in [5, 5.41) is 3.14. The van der Waals surface area contributed by atoms with Crippen molar-refractivity contribution in [1.82, 2.24) is 10.2 Å². The molecule has 2 aromatic rings. The van der Waals surface area contributed by atoms with Crippen LogP contribution in [0.1, 0.15) is 63.1 Å². The summed E-state index contributed by atoms with van der Waals surface area (Å²) < 4.78 is 0. The minimum absolute atomic E-state index is 0.0250. The highest BCUT2D eigenvalue weighted by Gasteiger charge is 2.17. The summed E-state index contributed by atoms with van der Waals surface area (Å²) in [6, 6.07) is 19.8. The molecule has 0 fully saturated rings. The molecule has 0 radical (unpaired) electrons. The summed E-state index contributed by atoms with van der Waals surface area (Å²) in [6.45, 7) is 5.75. The van der Waals surface area contributed by atoms with Crippen LogP contribution in [0.25, 0.3) is 0 Å². The predicted octanol–water partition coefficient (Wildman–Crippen LogP) is 4.71. The molecule has 2 rings (SSSR count). The molecule has 1 N–H and O–H groups in total. The van der Waals surface area contributed by atoms with E-state index in [0.29, 0.717) is 19.3 Å². The summed E-state index contributed by atoms with van der Waals surface area (Å²) in [7, 11) is 0. The molecule has 0 unspecified atom stereocenters. The Morgan fingerprint density at radius 3 is 1.79 bits per heavy atom. The van der Waals surface area contributed by atoms with Crippen molar-refractivity contribution in [2.75, 3.05) is 13.1 Å². The summed E-state index contributed by atoms with van der Waals surface area (Å²) >= 11 is 0. The molecule has 0 aromatic heterocycles. The van der Waals surface area contributed by atoms with Crippen molar-refractivity contribution < 1.29 is 9.59 Å². The van der Waals surface area contributed by atoms with Gasteiger partial charge in [-0.1, -0.05) is 74.5 Å².